The Kier molecular flexibility index (Phi) is 4.53. The standard InChI is InChI=1S/C9H14INS/c1-3-8(11-4-2)7-5-9(10)12-6-7/h5-6,8,11H,3-4H2,1-2H3. The van der Waals surface area contributed by atoms with E-state index in [0.717, 1.165) is 6.54 Å². The van der Waals surface area contributed by atoms with Gasteiger partial charge in [-0.25, -0.2) is 0 Å². The van der Waals surface area contributed by atoms with Crippen molar-refractivity contribution in [2.75, 3.05) is 6.54 Å². The van der Waals surface area contributed by atoms with Crippen molar-refractivity contribution in [2.24, 2.45) is 0 Å². The summed E-state index contributed by atoms with van der Waals surface area (Å²) in [6.07, 6.45) is 1.17. The fourth-order valence-corrected chi connectivity index (χ4v) is 2.68. The highest BCUT2D eigenvalue weighted by atomic mass is 127. The molecule has 1 atom stereocenters. The van der Waals surface area contributed by atoms with E-state index in [-0.39, 0.29) is 0 Å². The predicted octanol–water partition coefficient (Wildman–Crippen LogP) is 3.41. The molecule has 1 N–H and O–H groups in total. The van der Waals surface area contributed by atoms with E-state index in [1.807, 2.05) is 11.3 Å². The molecule has 1 unspecified atom stereocenters. The third-order valence-corrected chi connectivity index (χ3v) is 3.66. The molecule has 1 nitrogen and oxygen atoms in total. The average Bonchev–Trinajstić information content (AvgIpc) is 2.47. The van der Waals surface area contributed by atoms with Crippen molar-refractivity contribution in [1.29, 1.82) is 0 Å². The van der Waals surface area contributed by atoms with E-state index in [1.54, 1.807) is 0 Å². The van der Waals surface area contributed by atoms with Crippen LogP contribution in [0.3, 0.4) is 0 Å². The van der Waals surface area contributed by atoms with Crippen LogP contribution in [0.5, 0.6) is 0 Å². The highest BCUT2D eigenvalue weighted by Crippen LogP contribution is 2.23. The van der Waals surface area contributed by atoms with Crippen LogP contribution in [0.4, 0.5) is 0 Å². The molecule has 0 amide bonds. The second-order valence-electron chi connectivity index (χ2n) is 2.70. The second-order valence-corrected chi connectivity index (χ2v) is 5.51. The van der Waals surface area contributed by atoms with Crippen molar-refractivity contribution in [3.63, 3.8) is 0 Å². The number of rotatable bonds is 4. The van der Waals surface area contributed by atoms with E-state index in [4.69, 9.17) is 0 Å². The van der Waals surface area contributed by atoms with E-state index < -0.39 is 0 Å². The first-order valence-electron chi connectivity index (χ1n) is 4.25. The van der Waals surface area contributed by atoms with E-state index in [2.05, 4.69) is 53.2 Å². The summed E-state index contributed by atoms with van der Waals surface area (Å²) in [5.41, 5.74) is 1.44. The van der Waals surface area contributed by atoms with Crippen molar-refractivity contribution in [3.05, 3.63) is 19.9 Å². The first kappa shape index (κ1) is 10.5. The first-order valence-corrected chi connectivity index (χ1v) is 6.21. The number of thiophene rings is 1. The molecule has 0 aliphatic heterocycles. The molecule has 1 aromatic rings. The van der Waals surface area contributed by atoms with Gasteiger partial charge in [0.25, 0.3) is 0 Å². The molecule has 12 heavy (non-hydrogen) atoms. The fraction of sp³-hybridized carbons (Fsp3) is 0.556. The highest BCUT2D eigenvalue weighted by Gasteiger charge is 2.08. The maximum atomic E-state index is 3.47. The minimum absolute atomic E-state index is 0.551. The lowest BCUT2D eigenvalue weighted by molar-refractivity contribution is 0.539. The van der Waals surface area contributed by atoms with Gasteiger partial charge in [-0.05, 0) is 52.6 Å². The third-order valence-electron chi connectivity index (χ3n) is 1.85. The van der Waals surface area contributed by atoms with Crippen molar-refractivity contribution in [3.8, 4) is 0 Å². The van der Waals surface area contributed by atoms with Gasteiger partial charge in [-0.2, -0.15) is 0 Å². The molecule has 0 spiro atoms. The van der Waals surface area contributed by atoms with E-state index >= 15 is 0 Å². The summed E-state index contributed by atoms with van der Waals surface area (Å²) < 4.78 is 1.37. The van der Waals surface area contributed by atoms with E-state index in [9.17, 15) is 0 Å². The van der Waals surface area contributed by atoms with Crippen LogP contribution in [0.15, 0.2) is 11.4 Å². The van der Waals surface area contributed by atoms with Crippen LogP contribution in [-0.2, 0) is 0 Å². The zero-order valence-corrected chi connectivity index (χ0v) is 10.4. The Hall–Kier alpha value is 0.390. The molecule has 1 aromatic heterocycles. The molecule has 0 saturated carbocycles. The van der Waals surface area contributed by atoms with Crippen molar-refractivity contribution >= 4 is 33.9 Å². The Balaban J connectivity index is 2.66. The van der Waals surface area contributed by atoms with Crippen molar-refractivity contribution in [2.45, 2.75) is 26.3 Å². The first-order chi connectivity index (χ1) is 5.77. The molecular formula is C9H14INS. The Morgan fingerprint density at radius 1 is 1.58 bits per heavy atom. The number of hydrogen-bond donors (Lipinski definition) is 1. The lowest BCUT2D eigenvalue weighted by atomic mass is 10.1. The monoisotopic (exact) mass is 295 g/mol. The van der Waals surface area contributed by atoms with Crippen LogP contribution in [0, 0.1) is 2.88 Å². The summed E-state index contributed by atoms with van der Waals surface area (Å²) in [5, 5.41) is 5.71. The molecule has 0 saturated heterocycles. The summed E-state index contributed by atoms with van der Waals surface area (Å²) in [6, 6.07) is 2.82. The van der Waals surface area contributed by atoms with Gasteiger partial charge in [0.15, 0.2) is 0 Å². The highest BCUT2D eigenvalue weighted by molar-refractivity contribution is 14.1. The molecule has 0 aliphatic carbocycles. The van der Waals surface area contributed by atoms with Crippen LogP contribution in [0.2, 0.25) is 0 Å². The topological polar surface area (TPSA) is 12.0 Å². The van der Waals surface area contributed by atoms with Crippen LogP contribution in [-0.4, -0.2) is 6.54 Å². The van der Waals surface area contributed by atoms with Gasteiger partial charge in [0, 0.05) is 6.04 Å². The smallest absolute Gasteiger partial charge is 0.0656 e. The quantitative estimate of drug-likeness (QED) is 0.839. The van der Waals surface area contributed by atoms with Crippen molar-refractivity contribution < 1.29 is 0 Å². The van der Waals surface area contributed by atoms with Gasteiger partial charge < -0.3 is 5.32 Å². The molecule has 1 heterocycles. The second kappa shape index (κ2) is 5.19. The maximum absolute atomic E-state index is 3.47. The largest absolute Gasteiger partial charge is 0.310 e. The predicted molar refractivity (Wildman–Crippen MR) is 63.7 cm³/mol. The summed E-state index contributed by atoms with van der Waals surface area (Å²) >= 11 is 4.19. The van der Waals surface area contributed by atoms with Crippen LogP contribution < -0.4 is 5.32 Å². The number of hydrogen-bond acceptors (Lipinski definition) is 2. The zero-order chi connectivity index (χ0) is 8.97. The maximum Gasteiger partial charge on any atom is 0.0656 e. The van der Waals surface area contributed by atoms with Gasteiger partial charge >= 0.3 is 0 Å². The van der Waals surface area contributed by atoms with Gasteiger partial charge in [-0.3, -0.25) is 0 Å². The average molecular weight is 295 g/mol. The molecule has 0 fully saturated rings. The molecular weight excluding hydrogens is 281 g/mol. The van der Waals surface area contributed by atoms with Gasteiger partial charge in [-0.15, -0.1) is 11.3 Å². The van der Waals surface area contributed by atoms with Crippen LogP contribution >= 0.6 is 33.9 Å². The molecule has 0 aliphatic rings. The Morgan fingerprint density at radius 3 is 2.75 bits per heavy atom. The Morgan fingerprint density at radius 2 is 2.33 bits per heavy atom. The molecule has 68 valence electrons. The van der Waals surface area contributed by atoms with Gasteiger partial charge in [0.2, 0.25) is 0 Å². The molecule has 0 aromatic carbocycles. The third kappa shape index (κ3) is 2.71. The molecule has 3 heteroatoms. The summed E-state index contributed by atoms with van der Waals surface area (Å²) in [4.78, 5) is 0. The van der Waals surface area contributed by atoms with Crippen molar-refractivity contribution in [1.82, 2.24) is 5.32 Å². The van der Waals surface area contributed by atoms with Gasteiger partial charge in [-0.1, -0.05) is 13.8 Å². The summed E-state index contributed by atoms with van der Waals surface area (Å²) in [6.45, 7) is 5.42. The van der Waals surface area contributed by atoms with Gasteiger partial charge in [0.05, 0.1) is 2.88 Å². The van der Waals surface area contributed by atoms with E-state index in [1.165, 1.54) is 14.9 Å². The minimum Gasteiger partial charge on any atom is -0.310 e. The Labute approximate surface area is 91.7 Å². The fourth-order valence-electron chi connectivity index (χ4n) is 1.25. The summed E-state index contributed by atoms with van der Waals surface area (Å²) in [5.74, 6) is 0. The minimum atomic E-state index is 0.551. The SMILES string of the molecule is CCNC(CC)c1csc(I)c1. The van der Waals surface area contributed by atoms with E-state index in [0.29, 0.717) is 6.04 Å². The molecule has 0 bridgehead atoms. The number of halogens is 1. The zero-order valence-electron chi connectivity index (χ0n) is 7.43. The van der Waals surface area contributed by atoms with Crippen LogP contribution in [0.25, 0.3) is 0 Å². The Bertz CT molecular complexity index is 234. The lowest BCUT2D eigenvalue weighted by Crippen LogP contribution is -2.19. The lowest BCUT2D eigenvalue weighted by Gasteiger charge is -2.13. The molecule has 1 rings (SSSR count). The molecule has 0 radical (unpaired) electrons. The van der Waals surface area contributed by atoms with Gasteiger partial charge in [0.1, 0.15) is 0 Å². The van der Waals surface area contributed by atoms with Crippen LogP contribution in [0.1, 0.15) is 31.9 Å². The summed E-state index contributed by atoms with van der Waals surface area (Å²) in [7, 11) is 0. The normalized spacial score (nSPS) is 13.2. The number of nitrogens with one attached hydrogen (secondary N) is 1.